The standard InChI is InChI=1S/C20H46N6OSi/c1-15(2)22-19(23-16(3)4)21-11-13-26(12-10-14-28-27-9)20(24-17(5)6)25-18(7)8/h15-18H,10-14,28H2,1-9H3,(H,24,25)(H2,21,22,23). The SMILES string of the molecule is CO[SiH2]CCCN(CCN/C(=N\C(C)C)NC(C)C)/C(=N\C(C)C)NC(C)C. The molecule has 0 fully saturated rings. The molecule has 0 aromatic carbocycles. The highest BCUT2D eigenvalue weighted by atomic mass is 28.2. The Morgan fingerprint density at radius 1 is 0.893 bits per heavy atom. The van der Waals surface area contributed by atoms with Gasteiger partial charge in [-0.3, -0.25) is 9.98 Å². The van der Waals surface area contributed by atoms with Gasteiger partial charge in [0.25, 0.3) is 0 Å². The third-order valence-corrected chi connectivity index (χ3v) is 4.81. The number of aliphatic imine (C=N–C) groups is 2. The van der Waals surface area contributed by atoms with Gasteiger partial charge < -0.3 is 25.3 Å². The maximum Gasteiger partial charge on any atom is 0.194 e. The van der Waals surface area contributed by atoms with E-state index in [1.807, 2.05) is 7.11 Å². The molecule has 0 radical (unpaired) electrons. The molecule has 28 heavy (non-hydrogen) atoms. The van der Waals surface area contributed by atoms with Crippen LogP contribution in [0.4, 0.5) is 0 Å². The molecule has 0 aliphatic rings. The fourth-order valence-electron chi connectivity index (χ4n) is 2.56. The van der Waals surface area contributed by atoms with Crippen molar-refractivity contribution in [1.29, 1.82) is 0 Å². The first kappa shape index (κ1) is 26.7. The lowest BCUT2D eigenvalue weighted by atomic mass is 10.3. The number of hydrogen-bond donors (Lipinski definition) is 3. The van der Waals surface area contributed by atoms with Gasteiger partial charge >= 0.3 is 0 Å². The summed E-state index contributed by atoms with van der Waals surface area (Å²) in [5.74, 6) is 1.86. The monoisotopic (exact) mass is 414 g/mol. The van der Waals surface area contributed by atoms with E-state index in [1.54, 1.807) is 0 Å². The molecular weight excluding hydrogens is 368 g/mol. The lowest BCUT2D eigenvalue weighted by molar-refractivity contribution is 0.389. The summed E-state index contributed by atoms with van der Waals surface area (Å²) in [5.41, 5.74) is 0. The highest BCUT2D eigenvalue weighted by molar-refractivity contribution is 6.26. The average Bonchev–Trinajstić information content (AvgIpc) is 2.54. The van der Waals surface area contributed by atoms with Crippen LogP contribution in [-0.2, 0) is 4.43 Å². The van der Waals surface area contributed by atoms with Gasteiger partial charge in [0, 0.05) is 50.9 Å². The van der Waals surface area contributed by atoms with Crippen LogP contribution in [0.1, 0.15) is 61.8 Å². The van der Waals surface area contributed by atoms with Gasteiger partial charge in [0.2, 0.25) is 0 Å². The molecule has 0 aromatic rings. The summed E-state index contributed by atoms with van der Waals surface area (Å²) < 4.78 is 5.34. The van der Waals surface area contributed by atoms with E-state index in [0.29, 0.717) is 12.1 Å². The third-order valence-electron chi connectivity index (χ3n) is 3.61. The van der Waals surface area contributed by atoms with Crippen molar-refractivity contribution in [3.8, 4) is 0 Å². The van der Waals surface area contributed by atoms with Gasteiger partial charge in [-0.2, -0.15) is 0 Å². The van der Waals surface area contributed by atoms with Crippen LogP contribution in [-0.4, -0.2) is 77.5 Å². The predicted molar refractivity (Wildman–Crippen MR) is 126 cm³/mol. The molecule has 0 rings (SSSR count). The molecule has 0 aliphatic carbocycles. The van der Waals surface area contributed by atoms with Gasteiger partial charge in [0.15, 0.2) is 21.7 Å². The molecule has 3 N–H and O–H groups in total. The molecule has 0 unspecified atom stereocenters. The fourth-order valence-corrected chi connectivity index (χ4v) is 3.28. The van der Waals surface area contributed by atoms with E-state index in [1.165, 1.54) is 6.04 Å². The summed E-state index contributed by atoms with van der Waals surface area (Å²) in [7, 11) is 1.44. The van der Waals surface area contributed by atoms with E-state index in [2.05, 4.69) is 81.2 Å². The van der Waals surface area contributed by atoms with Crippen molar-refractivity contribution in [3.05, 3.63) is 0 Å². The number of nitrogens with one attached hydrogen (secondary N) is 3. The maximum atomic E-state index is 5.34. The van der Waals surface area contributed by atoms with Crippen LogP contribution in [0.15, 0.2) is 9.98 Å². The maximum absolute atomic E-state index is 5.34. The van der Waals surface area contributed by atoms with E-state index < -0.39 is 0 Å². The second kappa shape index (κ2) is 15.6. The second-order valence-corrected chi connectivity index (χ2v) is 10.0. The number of nitrogens with zero attached hydrogens (tertiary/aromatic N) is 3. The molecule has 0 spiro atoms. The molecule has 0 heterocycles. The Kier molecular flexibility index (Phi) is 14.9. The molecule has 0 aliphatic heterocycles. The highest BCUT2D eigenvalue weighted by Gasteiger charge is 2.13. The van der Waals surface area contributed by atoms with Crippen LogP contribution in [0.2, 0.25) is 6.04 Å². The summed E-state index contributed by atoms with van der Waals surface area (Å²) in [6, 6.07) is 2.39. The average molecular weight is 415 g/mol. The quantitative estimate of drug-likeness (QED) is 0.197. The van der Waals surface area contributed by atoms with Gasteiger partial charge in [0.1, 0.15) is 0 Å². The highest BCUT2D eigenvalue weighted by Crippen LogP contribution is 2.01. The topological polar surface area (TPSA) is 73.3 Å². The molecule has 0 amide bonds. The lowest BCUT2D eigenvalue weighted by Crippen LogP contribution is -2.49. The van der Waals surface area contributed by atoms with E-state index in [4.69, 9.17) is 9.42 Å². The Labute approximate surface area is 176 Å². The van der Waals surface area contributed by atoms with Crippen molar-refractivity contribution in [1.82, 2.24) is 20.9 Å². The second-order valence-electron chi connectivity index (χ2n) is 8.33. The number of rotatable bonds is 12. The minimum Gasteiger partial charge on any atom is -0.427 e. The zero-order chi connectivity index (χ0) is 21.5. The van der Waals surface area contributed by atoms with Gasteiger partial charge in [-0.05, 0) is 67.9 Å². The first-order valence-electron chi connectivity index (χ1n) is 10.8. The summed E-state index contributed by atoms with van der Waals surface area (Å²) >= 11 is 0. The van der Waals surface area contributed by atoms with Crippen LogP contribution in [0.3, 0.4) is 0 Å². The predicted octanol–water partition coefficient (Wildman–Crippen LogP) is 1.94. The van der Waals surface area contributed by atoms with Crippen molar-refractivity contribution in [2.24, 2.45) is 9.98 Å². The van der Waals surface area contributed by atoms with Crippen molar-refractivity contribution in [2.45, 2.75) is 92.0 Å². The first-order chi connectivity index (χ1) is 13.1. The minimum atomic E-state index is -0.379. The molecule has 166 valence electrons. The zero-order valence-electron chi connectivity index (χ0n) is 19.8. The fraction of sp³-hybridized carbons (Fsp3) is 0.900. The zero-order valence-corrected chi connectivity index (χ0v) is 21.2. The number of guanidine groups is 2. The summed E-state index contributed by atoms with van der Waals surface area (Å²) in [5, 5.41) is 10.4. The molecule has 7 nitrogen and oxygen atoms in total. The molecule has 0 atom stereocenters. The normalized spacial score (nSPS) is 13.5. The molecular formula is C20H46N6OSi. The Morgan fingerprint density at radius 2 is 1.50 bits per heavy atom. The van der Waals surface area contributed by atoms with Gasteiger partial charge in [-0.15, -0.1) is 0 Å². The van der Waals surface area contributed by atoms with Crippen LogP contribution >= 0.6 is 0 Å². The Balaban J connectivity index is 5.07. The first-order valence-corrected chi connectivity index (χ1v) is 12.4. The smallest absolute Gasteiger partial charge is 0.194 e. The van der Waals surface area contributed by atoms with Crippen molar-refractivity contribution in [3.63, 3.8) is 0 Å². The van der Waals surface area contributed by atoms with Gasteiger partial charge in [-0.1, -0.05) is 0 Å². The number of hydrogen-bond acceptors (Lipinski definition) is 3. The van der Waals surface area contributed by atoms with E-state index in [0.717, 1.165) is 38.0 Å². The van der Waals surface area contributed by atoms with E-state index in [9.17, 15) is 0 Å². The molecule has 8 heteroatoms. The van der Waals surface area contributed by atoms with Crippen LogP contribution in [0, 0.1) is 0 Å². The lowest BCUT2D eigenvalue weighted by Gasteiger charge is -2.29. The van der Waals surface area contributed by atoms with Crippen LogP contribution in [0.25, 0.3) is 0 Å². The van der Waals surface area contributed by atoms with Gasteiger partial charge in [-0.25, -0.2) is 0 Å². The van der Waals surface area contributed by atoms with Crippen LogP contribution < -0.4 is 16.0 Å². The Bertz CT molecular complexity index is 452. The van der Waals surface area contributed by atoms with Gasteiger partial charge in [0.05, 0.1) is 0 Å². The van der Waals surface area contributed by atoms with Crippen molar-refractivity contribution >= 4 is 21.7 Å². The summed E-state index contributed by atoms with van der Waals surface area (Å²) in [6.07, 6.45) is 1.13. The molecule has 0 saturated heterocycles. The molecule has 0 saturated carbocycles. The Hall–Kier alpha value is -1.28. The van der Waals surface area contributed by atoms with E-state index in [-0.39, 0.29) is 21.8 Å². The summed E-state index contributed by atoms with van der Waals surface area (Å²) in [4.78, 5) is 11.9. The largest absolute Gasteiger partial charge is 0.427 e. The Morgan fingerprint density at radius 3 is 2.00 bits per heavy atom. The van der Waals surface area contributed by atoms with Crippen LogP contribution in [0.5, 0.6) is 0 Å². The molecule has 0 aromatic heterocycles. The summed E-state index contributed by atoms with van der Waals surface area (Å²) in [6.45, 7) is 19.7. The van der Waals surface area contributed by atoms with Crippen molar-refractivity contribution in [2.75, 3.05) is 26.7 Å². The molecule has 0 bridgehead atoms. The minimum absolute atomic E-state index is 0.254. The van der Waals surface area contributed by atoms with E-state index >= 15 is 0 Å². The van der Waals surface area contributed by atoms with Crippen molar-refractivity contribution < 1.29 is 4.43 Å². The third kappa shape index (κ3) is 14.7.